The quantitative estimate of drug-likeness (QED) is 0.0427. The molecule has 4 aromatic rings. The van der Waals surface area contributed by atoms with Gasteiger partial charge in [-0.05, 0) is 110 Å². The van der Waals surface area contributed by atoms with Crippen molar-refractivity contribution in [2.24, 2.45) is 0 Å². The van der Waals surface area contributed by atoms with E-state index in [1.807, 2.05) is 30.3 Å². The summed E-state index contributed by atoms with van der Waals surface area (Å²) in [6, 6.07) is 23.2. The summed E-state index contributed by atoms with van der Waals surface area (Å²) in [6.45, 7) is 15.1. The first-order valence-electron chi connectivity index (χ1n) is 23.2. The molecule has 3 aromatic carbocycles. The molecule has 70 heavy (non-hydrogen) atoms. The Morgan fingerprint density at radius 1 is 0.514 bits per heavy atom. The van der Waals surface area contributed by atoms with Crippen LogP contribution >= 0.6 is 0 Å². The van der Waals surface area contributed by atoms with Gasteiger partial charge in [0.2, 0.25) is 0 Å². The van der Waals surface area contributed by atoms with E-state index in [0.29, 0.717) is 11.1 Å². The molecule has 0 bridgehead atoms. The van der Waals surface area contributed by atoms with Gasteiger partial charge in [0.1, 0.15) is 61.3 Å². The maximum Gasteiger partial charge on any atom is 0.408 e. The Labute approximate surface area is 410 Å². The second kappa shape index (κ2) is 26.0. The van der Waals surface area contributed by atoms with Gasteiger partial charge in [0.05, 0.1) is 0 Å². The number of benzene rings is 3. The van der Waals surface area contributed by atoms with Crippen LogP contribution < -0.4 is 25.6 Å². The maximum atomic E-state index is 14.3. The third-order valence-corrected chi connectivity index (χ3v) is 9.90. The Kier molecular flexibility index (Phi) is 20.6. The zero-order chi connectivity index (χ0) is 51.5. The Morgan fingerprint density at radius 3 is 1.26 bits per heavy atom. The number of carbonyl (C=O) groups excluding carboxylic acids is 6. The SMILES string of the molecule is CC(C)(C)OC(=O)[C@H](CCC[n+]1cc([O-])c(C[C@H](NC(=O)OCc2ccccc2)C(=O)OC(C)(C)C)c(CC[C@H](NC(=O)OCc2ccccc2)C(=O)OC(C)(C)C)c1)NC(=O)OCc1ccccc1. The lowest BCUT2D eigenvalue weighted by Crippen LogP contribution is -2.46. The molecule has 0 aliphatic rings. The Hall–Kier alpha value is -7.17. The number of aromatic nitrogens is 1. The number of pyridine rings is 1. The first kappa shape index (κ1) is 55.4. The lowest BCUT2D eigenvalue weighted by atomic mass is 9.96. The number of nitrogens with one attached hydrogen (secondary N) is 3. The number of amides is 3. The summed E-state index contributed by atoms with van der Waals surface area (Å²) in [5.41, 5.74) is -0.114. The van der Waals surface area contributed by atoms with Gasteiger partial charge in [0.25, 0.3) is 0 Å². The summed E-state index contributed by atoms with van der Waals surface area (Å²) in [5.74, 6) is -2.79. The first-order valence-corrected chi connectivity index (χ1v) is 23.2. The van der Waals surface area contributed by atoms with Crippen molar-refractivity contribution in [3.05, 3.63) is 131 Å². The molecule has 17 heteroatoms. The summed E-state index contributed by atoms with van der Waals surface area (Å²) in [7, 11) is 0. The zero-order valence-electron chi connectivity index (χ0n) is 41.7. The summed E-state index contributed by atoms with van der Waals surface area (Å²) >= 11 is 0. The molecule has 3 atom stereocenters. The molecule has 0 radical (unpaired) electrons. The van der Waals surface area contributed by atoms with Crippen LogP contribution in [0, 0.1) is 0 Å². The van der Waals surface area contributed by atoms with Crippen LogP contribution in [0.15, 0.2) is 103 Å². The second-order valence-electron chi connectivity index (χ2n) is 19.6. The summed E-state index contributed by atoms with van der Waals surface area (Å²) in [4.78, 5) is 80.2. The van der Waals surface area contributed by atoms with Crippen molar-refractivity contribution in [1.29, 1.82) is 0 Å². The predicted octanol–water partition coefficient (Wildman–Crippen LogP) is 7.21. The van der Waals surface area contributed by atoms with Crippen molar-refractivity contribution >= 4 is 36.2 Å². The molecule has 0 unspecified atom stereocenters. The lowest BCUT2D eigenvalue weighted by Gasteiger charge is -2.27. The lowest BCUT2D eigenvalue weighted by molar-refractivity contribution is -0.700. The molecular weight excluding hydrogens is 901 g/mol. The smallest absolute Gasteiger partial charge is 0.408 e. The van der Waals surface area contributed by atoms with Crippen molar-refractivity contribution in [3.8, 4) is 5.75 Å². The highest BCUT2D eigenvalue weighted by Crippen LogP contribution is 2.24. The fourth-order valence-corrected chi connectivity index (χ4v) is 6.79. The number of carbonyl (C=O) groups is 6. The first-order chi connectivity index (χ1) is 32.9. The highest BCUT2D eigenvalue weighted by molar-refractivity contribution is 5.83. The fraction of sp³-hybridized carbons (Fsp3) is 0.453. The number of hydrogen-bond acceptors (Lipinski definition) is 13. The van der Waals surface area contributed by atoms with Crippen molar-refractivity contribution in [2.75, 3.05) is 0 Å². The maximum absolute atomic E-state index is 14.3. The van der Waals surface area contributed by atoms with Gasteiger partial charge in [-0.3, -0.25) is 0 Å². The van der Waals surface area contributed by atoms with E-state index < -0.39 is 76.9 Å². The van der Waals surface area contributed by atoms with Crippen LogP contribution in [0.5, 0.6) is 5.75 Å². The zero-order valence-corrected chi connectivity index (χ0v) is 41.7. The number of hydrogen-bond donors (Lipinski definition) is 3. The summed E-state index contributed by atoms with van der Waals surface area (Å²) in [5, 5.41) is 22.1. The average Bonchev–Trinajstić information content (AvgIpc) is 3.27. The monoisotopic (exact) mass is 968 g/mol. The highest BCUT2D eigenvalue weighted by atomic mass is 16.6. The predicted molar refractivity (Wildman–Crippen MR) is 256 cm³/mol. The van der Waals surface area contributed by atoms with Gasteiger partial charge in [-0.2, -0.15) is 0 Å². The van der Waals surface area contributed by atoms with E-state index in [4.69, 9.17) is 28.4 Å². The van der Waals surface area contributed by atoms with Crippen LogP contribution in [0.4, 0.5) is 14.4 Å². The van der Waals surface area contributed by atoms with Gasteiger partial charge in [-0.15, -0.1) is 0 Å². The van der Waals surface area contributed by atoms with Gasteiger partial charge in [-0.25, -0.2) is 33.3 Å². The molecule has 0 aliphatic heterocycles. The topological polar surface area (TPSA) is 221 Å². The summed E-state index contributed by atoms with van der Waals surface area (Å²) in [6.07, 6.45) is 0.199. The Bertz CT molecular complexity index is 2340. The molecular formula is C53H68N4O13. The number of aryl methyl sites for hydroxylation is 2. The number of esters is 3. The van der Waals surface area contributed by atoms with E-state index >= 15 is 0 Å². The standard InChI is InChI=1S/C53H68N4O13/c1-51(2,3)68-45(59)41(54-48(62)65-33-36-20-13-10-14-21-36)26-19-29-57-31-39(27-28-42(46(60)69-52(4,5)6)55-49(63)66-34-37-22-15-11-16-23-37)40(44(58)32-57)30-43(47(61)70-53(7,8)9)56-50(64)67-35-38-24-17-12-18-25-38/h10-18,20-25,31-32,41-43H,19,26-30,33-35H2,1-9H3,(H3-,54,55,56,58,62,63,64)/t41-,42-,43-/m0/s1. The molecule has 378 valence electrons. The fourth-order valence-electron chi connectivity index (χ4n) is 6.79. The van der Waals surface area contributed by atoms with Crippen molar-refractivity contribution in [2.45, 2.75) is 156 Å². The van der Waals surface area contributed by atoms with Crippen molar-refractivity contribution < 1.29 is 66.9 Å². The molecule has 0 fully saturated rings. The Balaban J connectivity index is 1.65. The molecule has 3 amide bonds. The molecule has 17 nitrogen and oxygen atoms in total. The molecule has 0 saturated carbocycles. The van der Waals surface area contributed by atoms with Gasteiger partial charge in [0.15, 0.2) is 12.4 Å². The summed E-state index contributed by atoms with van der Waals surface area (Å²) < 4.78 is 34.9. The van der Waals surface area contributed by atoms with E-state index in [9.17, 15) is 33.9 Å². The second-order valence-corrected chi connectivity index (χ2v) is 19.6. The van der Waals surface area contributed by atoms with Crippen LogP contribution in [0.3, 0.4) is 0 Å². The van der Waals surface area contributed by atoms with Crippen LogP contribution in [-0.2, 0) is 82.0 Å². The van der Waals surface area contributed by atoms with E-state index in [-0.39, 0.29) is 64.0 Å². The number of ether oxygens (including phenoxy) is 6. The van der Waals surface area contributed by atoms with E-state index in [1.54, 1.807) is 134 Å². The Morgan fingerprint density at radius 2 is 0.871 bits per heavy atom. The van der Waals surface area contributed by atoms with Crippen LogP contribution in [0.2, 0.25) is 0 Å². The molecule has 1 heterocycles. The van der Waals surface area contributed by atoms with E-state index in [1.165, 1.54) is 6.20 Å². The largest absolute Gasteiger partial charge is 0.868 e. The molecule has 4 rings (SSSR count). The minimum Gasteiger partial charge on any atom is -0.868 e. The normalized spacial score (nSPS) is 12.8. The van der Waals surface area contributed by atoms with E-state index in [2.05, 4.69) is 16.0 Å². The van der Waals surface area contributed by atoms with Gasteiger partial charge >= 0.3 is 36.2 Å². The van der Waals surface area contributed by atoms with Crippen LogP contribution in [-0.4, -0.2) is 71.1 Å². The minimum atomic E-state index is -1.40. The average molecular weight is 969 g/mol. The molecule has 0 saturated heterocycles. The third-order valence-electron chi connectivity index (χ3n) is 9.90. The minimum absolute atomic E-state index is 0.0245. The van der Waals surface area contributed by atoms with Crippen molar-refractivity contribution in [1.82, 2.24) is 16.0 Å². The number of nitrogens with zero attached hydrogens (tertiary/aromatic N) is 1. The van der Waals surface area contributed by atoms with Crippen molar-refractivity contribution in [3.63, 3.8) is 0 Å². The molecule has 1 aromatic heterocycles. The van der Waals surface area contributed by atoms with E-state index in [0.717, 1.165) is 11.1 Å². The molecule has 3 N–H and O–H groups in total. The van der Waals surface area contributed by atoms with Gasteiger partial charge in [-0.1, -0.05) is 91.0 Å². The third kappa shape index (κ3) is 21.0. The van der Waals surface area contributed by atoms with Crippen LogP contribution in [0.1, 0.15) is 109 Å². The molecule has 0 aliphatic carbocycles. The van der Waals surface area contributed by atoms with Crippen LogP contribution in [0.25, 0.3) is 0 Å². The van der Waals surface area contributed by atoms with Gasteiger partial charge in [0, 0.05) is 18.4 Å². The highest BCUT2D eigenvalue weighted by Gasteiger charge is 2.32. The number of rotatable bonds is 21. The number of alkyl carbamates (subject to hydrolysis) is 3. The molecule has 0 spiro atoms. The van der Waals surface area contributed by atoms with Gasteiger partial charge < -0.3 is 49.5 Å².